The summed E-state index contributed by atoms with van der Waals surface area (Å²) in [6, 6.07) is 5.36. The van der Waals surface area contributed by atoms with Crippen molar-refractivity contribution in [1.29, 1.82) is 0 Å². The summed E-state index contributed by atoms with van der Waals surface area (Å²) in [5, 5.41) is 3.07. The summed E-state index contributed by atoms with van der Waals surface area (Å²) in [6.07, 6.45) is 0.818. The molecule has 0 saturated carbocycles. The Hall–Kier alpha value is -0.590. The van der Waals surface area contributed by atoms with Crippen LogP contribution in [0.15, 0.2) is 27.6 Å². The number of nitrogens with one attached hydrogen (secondary N) is 1. The molecule has 4 nitrogen and oxygen atoms in total. The van der Waals surface area contributed by atoms with E-state index in [9.17, 15) is 8.42 Å². The molecule has 0 aromatic heterocycles. The Morgan fingerprint density at radius 3 is 2.89 bits per heavy atom. The fraction of sp³-hybridized carbons (Fsp3) is 0.500. The number of benzene rings is 1. The van der Waals surface area contributed by atoms with Gasteiger partial charge in [0.1, 0.15) is 0 Å². The molecule has 0 bridgehead atoms. The summed E-state index contributed by atoms with van der Waals surface area (Å²) in [6.45, 7) is 0.813. The molecule has 0 amide bonds. The van der Waals surface area contributed by atoms with Crippen LogP contribution >= 0.6 is 15.9 Å². The van der Waals surface area contributed by atoms with Crippen molar-refractivity contribution in [3.05, 3.63) is 22.7 Å². The second-order valence-corrected chi connectivity index (χ2v) is 7.47. The molecule has 1 unspecified atom stereocenters. The largest absolute Gasteiger partial charge is 0.369 e. The molecule has 100 valence electrons. The second-order valence-electron chi connectivity index (χ2n) is 4.55. The molecular weight excluding hydrogens is 316 g/mol. The van der Waals surface area contributed by atoms with Crippen LogP contribution in [-0.4, -0.2) is 40.9 Å². The van der Waals surface area contributed by atoms with Gasteiger partial charge in [0.05, 0.1) is 16.3 Å². The third-order valence-corrected chi connectivity index (χ3v) is 5.66. The minimum atomic E-state index is -3.16. The maximum Gasteiger partial charge on any atom is 0.182 e. The van der Waals surface area contributed by atoms with E-state index >= 15 is 0 Å². The van der Waals surface area contributed by atoms with Gasteiger partial charge in [0, 0.05) is 17.6 Å². The molecule has 0 saturated heterocycles. The van der Waals surface area contributed by atoms with Crippen LogP contribution in [0.1, 0.15) is 6.42 Å². The topological polar surface area (TPSA) is 49.4 Å². The van der Waals surface area contributed by atoms with E-state index in [-0.39, 0.29) is 11.8 Å². The molecule has 2 rings (SSSR count). The molecule has 1 aliphatic rings. The zero-order valence-electron chi connectivity index (χ0n) is 10.5. The normalized spacial score (nSPS) is 21.7. The van der Waals surface area contributed by atoms with Gasteiger partial charge in [-0.25, -0.2) is 8.42 Å². The Morgan fingerprint density at radius 1 is 1.50 bits per heavy atom. The standard InChI is InChI=1S/C12H17BrN2O2S/c1-14-6-5-10-8-18(16,17)12-4-3-9(13)7-11(12)15(10)2/h3-4,7,10,14H,5-6,8H2,1-2H3. The van der Waals surface area contributed by atoms with E-state index in [0.29, 0.717) is 4.90 Å². The van der Waals surface area contributed by atoms with Crippen LogP contribution in [0.5, 0.6) is 0 Å². The molecule has 0 radical (unpaired) electrons. The molecule has 1 aromatic rings. The van der Waals surface area contributed by atoms with E-state index in [1.165, 1.54) is 0 Å². The number of anilines is 1. The van der Waals surface area contributed by atoms with Crippen LogP contribution in [0, 0.1) is 0 Å². The number of fused-ring (bicyclic) bond motifs is 1. The fourth-order valence-electron chi connectivity index (χ4n) is 2.27. The third-order valence-electron chi connectivity index (χ3n) is 3.32. The fourth-order valence-corrected chi connectivity index (χ4v) is 4.49. The molecule has 0 fully saturated rings. The highest BCUT2D eigenvalue weighted by Crippen LogP contribution is 2.35. The van der Waals surface area contributed by atoms with Crippen LogP contribution in [0.3, 0.4) is 0 Å². The highest BCUT2D eigenvalue weighted by Gasteiger charge is 2.33. The summed E-state index contributed by atoms with van der Waals surface area (Å²) >= 11 is 3.39. The first-order valence-electron chi connectivity index (χ1n) is 5.85. The van der Waals surface area contributed by atoms with Gasteiger partial charge in [-0.3, -0.25) is 0 Å². The van der Waals surface area contributed by atoms with Gasteiger partial charge in [0.2, 0.25) is 0 Å². The summed E-state index contributed by atoms with van der Waals surface area (Å²) in [7, 11) is 0.674. The van der Waals surface area contributed by atoms with Crippen molar-refractivity contribution in [3.8, 4) is 0 Å². The van der Waals surface area contributed by atoms with Crippen LogP contribution < -0.4 is 10.2 Å². The summed E-state index contributed by atoms with van der Waals surface area (Å²) < 4.78 is 25.4. The van der Waals surface area contributed by atoms with Gasteiger partial charge in [0.25, 0.3) is 0 Å². The molecule has 6 heteroatoms. The van der Waals surface area contributed by atoms with E-state index in [4.69, 9.17) is 0 Å². The number of hydrogen-bond acceptors (Lipinski definition) is 4. The summed E-state index contributed by atoms with van der Waals surface area (Å²) in [5.41, 5.74) is 0.789. The van der Waals surface area contributed by atoms with Gasteiger partial charge in [-0.05, 0) is 38.2 Å². The van der Waals surface area contributed by atoms with Gasteiger partial charge in [-0.2, -0.15) is 0 Å². The zero-order valence-corrected chi connectivity index (χ0v) is 12.9. The van der Waals surface area contributed by atoms with Crippen molar-refractivity contribution in [3.63, 3.8) is 0 Å². The van der Waals surface area contributed by atoms with Gasteiger partial charge in [0.15, 0.2) is 9.84 Å². The van der Waals surface area contributed by atoms with E-state index in [1.54, 1.807) is 12.1 Å². The van der Waals surface area contributed by atoms with Crippen molar-refractivity contribution in [1.82, 2.24) is 5.32 Å². The molecule has 0 spiro atoms. The number of nitrogens with zero attached hydrogens (tertiary/aromatic N) is 1. The van der Waals surface area contributed by atoms with Crippen LogP contribution in [0.25, 0.3) is 0 Å². The monoisotopic (exact) mass is 332 g/mol. The Labute approximate surface area is 116 Å². The predicted octanol–water partition coefficient (Wildman–Crippen LogP) is 1.65. The molecule has 1 N–H and O–H groups in total. The molecule has 0 aliphatic carbocycles. The first-order valence-corrected chi connectivity index (χ1v) is 8.30. The minimum absolute atomic E-state index is 0.0317. The molecule has 18 heavy (non-hydrogen) atoms. The highest BCUT2D eigenvalue weighted by atomic mass is 79.9. The van der Waals surface area contributed by atoms with Crippen molar-refractivity contribution in [2.45, 2.75) is 17.4 Å². The number of rotatable bonds is 3. The Bertz CT molecular complexity index is 545. The smallest absolute Gasteiger partial charge is 0.182 e. The van der Waals surface area contributed by atoms with Crippen LogP contribution in [0.4, 0.5) is 5.69 Å². The molecule has 1 atom stereocenters. The first kappa shape index (κ1) is 13.8. The summed E-state index contributed by atoms with van der Waals surface area (Å²) in [4.78, 5) is 2.51. The van der Waals surface area contributed by atoms with Crippen molar-refractivity contribution in [2.75, 3.05) is 31.3 Å². The Morgan fingerprint density at radius 2 is 2.22 bits per heavy atom. The van der Waals surface area contributed by atoms with Gasteiger partial charge in [-0.1, -0.05) is 15.9 Å². The zero-order chi connectivity index (χ0) is 13.3. The average Bonchev–Trinajstić information content (AvgIpc) is 2.31. The predicted molar refractivity (Wildman–Crippen MR) is 76.9 cm³/mol. The van der Waals surface area contributed by atoms with Crippen LogP contribution in [0.2, 0.25) is 0 Å². The van der Waals surface area contributed by atoms with Crippen molar-refractivity contribution < 1.29 is 8.42 Å². The van der Waals surface area contributed by atoms with Gasteiger partial charge in [-0.15, -0.1) is 0 Å². The highest BCUT2D eigenvalue weighted by molar-refractivity contribution is 9.10. The number of halogens is 1. The van der Waals surface area contributed by atoms with Gasteiger partial charge >= 0.3 is 0 Å². The molecule has 1 aliphatic heterocycles. The summed E-state index contributed by atoms with van der Waals surface area (Å²) in [5.74, 6) is 0.194. The number of hydrogen-bond donors (Lipinski definition) is 1. The SMILES string of the molecule is CNCCC1CS(=O)(=O)c2ccc(Br)cc2N1C. The average molecular weight is 333 g/mol. The van der Waals surface area contributed by atoms with Crippen molar-refractivity contribution >= 4 is 31.5 Å². The quantitative estimate of drug-likeness (QED) is 0.914. The molecule has 1 aromatic carbocycles. The van der Waals surface area contributed by atoms with Gasteiger partial charge < -0.3 is 10.2 Å². The van der Waals surface area contributed by atoms with E-state index < -0.39 is 9.84 Å². The van der Waals surface area contributed by atoms with E-state index in [2.05, 4.69) is 26.1 Å². The Kier molecular flexibility index (Phi) is 3.99. The lowest BCUT2D eigenvalue weighted by molar-refractivity contribution is 0.550. The minimum Gasteiger partial charge on any atom is -0.369 e. The maximum atomic E-state index is 12.2. The lowest BCUT2D eigenvalue weighted by atomic mass is 10.1. The Balaban J connectivity index is 2.42. The van der Waals surface area contributed by atoms with E-state index in [1.807, 2.05) is 20.2 Å². The van der Waals surface area contributed by atoms with Crippen LogP contribution in [-0.2, 0) is 9.84 Å². The maximum absolute atomic E-state index is 12.2. The molecule has 1 heterocycles. The lowest BCUT2D eigenvalue weighted by Gasteiger charge is -2.35. The molecular formula is C12H17BrN2O2S. The second kappa shape index (κ2) is 5.19. The van der Waals surface area contributed by atoms with Crippen molar-refractivity contribution in [2.24, 2.45) is 0 Å². The third kappa shape index (κ3) is 2.55. The number of sulfone groups is 1. The first-order chi connectivity index (χ1) is 8.45. The lowest BCUT2D eigenvalue weighted by Crippen LogP contribution is -2.43. The van der Waals surface area contributed by atoms with E-state index in [0.717, 1.165) is 23.1 Å².